The van der Waals surface area contributed by atoms with E-state index < -0.39 is 0 Å². The molecule has 1 aromatic carbocycles. The molecular formula is C17H24FN5. The van der Waals surface area contributed by atoms with Gasteiger partial charge in [0.25, 0.3) is 0 Å². The van der Waals surface area contributed by atoms with Crippen molar-refractivity contribution < 1.29 is 4.39 Å². The molecule has 0 radical (unpaired) electrons. The van der Waals surface area contributed by atoms with Crippen LogP contribution in [-0.4, -0.2) is 40.9 Å². The fourth-order valence-electron chi connectivity index (χ4n) is 3.13. The van der Waals surface area contributed by atoms with Crippen LogP contribution in [0.1, 0.15) is 18.2 Å². The first kappa shape index (κ1) is 15.8. The summed E-state index contributed by atoms with van der Waals surface area (Å²) in [4.78, 5) is 4.49. The second-order valence-corrected chi connectivity index (χ2v) is 6.05. The molecule has 0 bridgehead atoms. The largest absolute Gasteiger partial charge is 0.399 e. The highest BCUT2D eigenvalue weighted by molar-refractivity contribution is 5.54. The van der Waals surface area contributed by atoms with Crippen molar-refractivity contribution in [3.63, 3.8) is 0 Å². The van der Waals surface area contributed by atoms with Crippen molar-refractivity contribution in [2.24, 2.45) is 0 Å². The molecule has 2 heterocycles. The summed E-state index contributed by atoms with van der Waals surface area (Å²) in [6.07, 6.45) is 1.96. The number of aryl methyl sites for hydroxylation is 1. The lowest BCUT2D eigenvalue weighted by Crippen LogP contribution is -2.46. The van der Waals surface area contributed by atoms with E-state index in [-0.39, 0.29) is 5.82 Å². The number of halogens is 1. The molecule has 3 rings (SSSR count). The van der Waals surface area contributed by atoms with E-state index in [1.54, 1.807) is 12.1 Å². The standard InChI is InChI=1S/C17H24FN5/c1-3-23-13(2)14(11-20-23)12-21-6-8-22(9-7-21)17-5-4-15(19)10-16(17)18/h4-5,10-11H,3,6-9,12,19H2,1-2H3. The number of nitrogen functional groups attached to an aromatic ring is 1. The second kappa shape index (κ2) is 6.58. The van der Waals surface area contributed by atoms with Gasteiger partial charge in [0, 0.05) is 56.2 Å². The summed E-state index contributed by atoms with van der Waals surface area (Å²) in [5.41, 5.74) is 9.24. The third kappa shape index (κ3) is 3.32. The molecule has 23 heavy (non-hydrogen) atoms. The van der Waals surface area contributed by atoms with Gasteiger partial charge in [0.15, 0.2) is 0 Å². The number of rotatable bonds is 4. The summed E-state index contributed by atoms with van der Waals surface area (Å²) >= 11 is 0. The number of piperazine rings is 1. The number of hydrogen-bond donors (Lipinski definition) is 1. The zero-order valence-electron chi connectivity index (χ0n) is 13.8. The highest BCUT2D eigenvalue weighted by atomic mass is 19.1. The van der Waals surface area contributed by atoms with Crippen molar-refractivity contribution in [1.29, 1.82) is 0 Å². The van der Waals surface area contributed by atoms with Gasteiger partial charge in [0.05, 0.1) is 11.9 Å². The molecule has 1 aliphatic rings. The number of aromatic nitrogens is 2. The minimum absolute atomic E-state index is 0.237. The van der Waals surface area contributed by atoms with Crippen molar-refractivity contribution >= 4 is 11.4 Å². The summed E-state index contributed by atoms with van der Waals surface area (Å²) < 4.78 is 16.1. The maximum Gasteiger partial charge on any atom is 0.148 e. The van der Waals surface area contributed by atoms with Crippen molar-refractivity contribution in [3.8, 4) is 0 Å². The predicted molar refractivity (Wildman–Crippen MR) is 90.9 cm³/mol. The minimum Gasteiger partial charge on any atom is -0.399 e. The molecule has 0 amide bonds. The highest BCUT2D eigenvalue weighted by Crippen LogP contribution is 2.23. The monoisotopic (exact) mass is 317 g/mol. The molecule has 0 aliphatic carbocycles. The number of hydrogen-bond acceptors (Lipinski definition) is 4. The summed E-state index contributed by atoms with van der Waals surface area (Å²) in [5.74, 6) is -0.237. The topological polar surface area (TPSA) is 50.3 Å². The van der Waals surface area contributed by atoms with Gasteiger partial charge in [-0.2, -0.15) is 5.10 Å². The van der Waals surface area contributed by atoms with E-state index in [0.29, 0.717) is 11.4 Å². The van der Waals surface area contributed by atoms with Crippen molar-refractivity contribution in [3.05, 3.63) is 41.5 Å². The Kier molecular flexibility index (Phi) is 4.52. The summed E-state index contributed by atoms with van der Waals surface area (Å²) in [5, 5.41) is 4.40. The van der Waals surface area contributed by atoms with Crippen LogP contribution in [0.4, 0.5) is 15.8 Å². The molecule has 124 valence electrons. The number of nitrogens with zero attached hydrogens (tertiary/aromatic N) is 4. The molecule has 0 unspecified atom stereocenters. The van der Waals surface area contributed by atoms with Gasteiger partial charge in [-0.25, -0.2) is 4.39 Å². The van der Waals surface area contributed by atoms with E-state index in [1.807, 2.05) is 10.9 Å². The van der Waals surface area contributed by atoms with E-state index in [4.69, 9.17) is 5.73 Å². The Bertz CT molecular complexity index is 674. The Morgan fingerprint density at radius 2 is 1.96 bits per heavy atom. The highest BCUT2D eigenvalue weighted by Gasteiger charge is 2.20. The van der Waals surface area contributed by atoms with Crippen molar-refractivity contribution in [2.45, 2.75) is 26.9 Å². The Labute approximate surface area is 136 Å². The molecule has 0 spiro atoms. The predicted octanol–water partition coefficient (Wildman–Crippen LogP) is 2.25. The molecule has 1 aromatic heterocycles. The molecule has 1 fully saturated rings. The van der Waals surface area contributed by atoms with Gasteiger partial charge in [0.1, 0.15) is 5.82 Å². The Morgan fingerprint density at radius 3 is 2.57 bits per heavy atom. The van der Waals surface area contributed by atoms with Crippen LogP contribution in [0.2, 0.25) is 0 Å². The smallest absolute Gasteiger partial charge is 0.148 e. The normalized spacial score (nSPS) is 16.0. The molecule has 2 N–H and O–H groups in total. The van der Waals surface area contributed by atoms with E-state index >= 15 is 0 Å². The first-order chi connectivity index (χ1) is 11.1. The van der Waals surface area contributed by atoms with Crippen molar-refractivity contribution in [2.75, 3.05) is 36.8 Å². The van der Waals surface area contributed by atoms with E-state index in [0.717, 1.165) is 39.3 Å². The lowest BCUT2D eigenvalue weighted by atomic mass is 10.2. The molecule has 1 saturated heterocycles. The Morgan fingerprint density at radius 1 is 1.22 bits per heavy atom. The van der Waals surface area contributed by atoms with E-state index in [2.05, 4.69) is 28.7 Å². The fourth-order valence-corrected chi connectivity index (χ4v) is 3.13. The first-order valence-corrected chi connectivity index (χ1v) is 8.12. The van der Waals surface area contributed by atoms with Gasteiger partial charge >= 0.3 is 0 Å². The number of benzene rings is 1. The molecule has 5 nitrogen and oxygen atoms in total. The molecule has 2 aromatic rings. The van der Waals surface area contributed by atoms with Crippen LogP contribution in [0.5, 0.6) is 0 Å². The van der Waals surface area contributed by atoms with Crippen LogP contribution in [0.3, 0.4) is 0 Å². The average molecular weight is 317 g/mol. The maximum absolute atomic E-state index is 14.0. The van der Waals surface area contributed by atoms with Crippen LogP contribution >= 0.6 is 0 Å². The average Bonchev–Trinajstić information content (AvgIpc) is 2.89. The van der Waals surface area contributed by atoms with Gasteiger partial charge in [-0.3, -0.25) is 9.58 Å². The van der Waals surface area contributed by atoms with Crippen molar-refractivity contribution in [1.82, 2.24) is 14.7 Å². The first-order valence-electron chi connectivity index (χ1n) is 8.12. The molecular weight excluding hydrogens is 293 g/mol. The van der Waals surface area contributed by atoms with Gasteiger partial charge in [-0.15, -0.1) is 0 Å². The van der Waals surface area contributed by atoms with Crippen LogP contribution < -0.4 is 10.6 Å². The molecule has 0 atom stereocenters. The SMILES string of the molecule is CCn1ncc(CN2CCN(c3ccc(N)cc3F)CC2)c1C. The lowest BCUT2D eigenvalue weighted by Gasteiger charge is -2.36. The van der Waals surface area contributed by atoms with Crippen LogP contribution in [-0.2, 0) is 13.1 Å². The van der Waals surface area contributed by atoms with Crippen LogP contribution in [0.15, 0.2) is 24.4 Å². The van der Waals surface area contributed by atoms with Gasteiger partial charge in [-0.1, -0.05) is 0 Å². The van der Waals surface area contributed by atoms with Crippen LogP contribution in [0, 0.1) is 12.7 Å². The maximum atomic E-state index is 14.0. The molecule has 6 heteroatoms. The van der Waals surface area contributed by atoms with Gasteiger partial charge in [0.2, 0.25) is 0 Å². The Hall–Kier alpha value is -2.08. The number of anilines is 2. The fraction of sp³-hybridized carbons (Fsp3) is 0.471. The second-order valence-electron chi connectivity index (χ2n) is 6.05. The third-order valence-corrected chi connectivity index (χ3v) is 4.58. The molecule has 1 aliphatic heterocycles. The summed E-state index contributed by atoms with van der Waals surface area (Å²) in [7, 11) is 0. The Balaban J connectivity index is 1.61. The van der Waals surface area contributed by atoms with E-state index in [9.17, 15) is 4.39 Å². The zero-order valence-corrected chi connectivity index (χ0v) is 13.8. The molecule has 0 saturated carbocycles. The summed E-state index contributed by atoms with van der Waals surface area (Å²) in [6, 6.07) is 4.92. The number of nitrogens with two attached hydrogens (primary N) is 1. The zero-order chi connectivity index (χ0) is 16.4. The summed E-state index contributed by atoms with van der Waals surface area (Å²) in [6.45, 7) is 9.50. The third-order valence-electron chi connectivity index (χ3n) is 4.58. The van der Waals surface area contributed by atoms with E-state index in [1.165, 1.54) is 17.3 Å². The van der Waals surface area contributed by atoms with Crippen LogP contribution in [0.25, 0.3) is 0 Å². The van der Waals surface area contributed by atoms with Gasteiger partial charge < -0.3 is 10.6 Å². The van der Waals surface area contributed by atoms with Gasteiger partial charge in [-0.05, 0) is 32.0 Å². The minimum atomic E-state index is -0.237. The quantitative estimate of drug-likeness (QED) is 0.879. The lowest BCUT2D eigenvalue weighted by molar-refractivity contribution is 0.248.